The molecule has 2 N–H and O–H groups in total. The third-order valence-corrected chi connectivity index (χ3v) is 5.66. The van der Waals surface area contributed by atoms with Crippen molar-refractivity contribution in [3.05, 3.63) is 113 Å². The first-order valence-electron chi connectivity index (χ1n) is 13.5. The van der Waals surface area contributed by atoms with Gasteiger partial charge < -0.3 is 19.9 Å². The number of halogens is 1. The van der Waals surface area contributed by atoms with Gasteiger partial charge in [-0.2, -0.15) is 0 Å². The van der Waals surface area contributed by atoms with Crippen LogP contribution in [0, 0.1) is 10.7 Å². The van der Waals surface area contributed by atoms with Crippen molar-refractivity contribution in [2.45, 2.75) is 39.7 Å². The number of rotatable bonds is 9. The second kappa shape index (κ2) is 18.2. The molecule has 0 aliphatic rings. The van der Waals surface area contributed by atoms with Crippen molar-refractivity contribution in [1.82, 2.24) is 4.98 Å². The van der Waals surface area contributed by atoms with Crippen molar-refractivity contribution in [1.29, 1.82) is 0 Å². The van der Waals surface area contributed by atoms with Gasteiger partial charge in [-0.1, -0.05) is 67.6 Å². The smallest absolute Gasteiger partial charge is 0.308 e. The van der Waals surface area contributed by atoms with Crippen LogP contribution in [0.3, 0.4) is 0 Å². The number of amides is 1. The highest BCUT2D eigenvalue weighted by Crippen LogP contribution is 2.29. The summed E-state index contributed by atoms with van der Waals surface area (Å²) < 4.78 is 27.2. The van der Waals surface area contributed by atoms with E-state index in [1.54, 1.807) is 0 Å². The fourth-order valence-corrected chi connectivity index (χ4v) is 3.73. The van der Waals surface area contributed by atoms with E-state index >= 15 is 0 Å². The van der Waals surface area contributed by atoms with Gasteiger partial charge in [0.05, 0.1) is 7.11 Å². The minimum atomic E-state index is -0.787. The summed E-state index contributed by atoms with van der Waals surface area (Å²) in [6, 6.07) is 25.3. The lowest BCUT2D eigenvalue weighted by Gasteiger charge is -2.13. The van der Waals surface area contributed by atoms with Gasteiger partial charge in [0.2, 0.25) is 5.75 Å². The summed E-state index contributed by atoms with van der Waals surface area (Å²) in [6.45, 7) is 4.95. The normalized spacial score (nSPS) is 10.5. The third-order valence-electron chi connectivity index (χ3n) is 5.66. The molecule has 1 aromatic heterocycles. The molecular weight excluding hydrogens is 569 g/mol. The number of aromatic nitrogens is 1. The van der Waals surface area contributed by atoms with E-state index in [9.17, 15) is 23.7 Å². The van der Waals surface area contributed by atoms with Crippen LogP contribution in [-0.4, -0.2) is 36.0 Å². The van der Waals surface area contributed by atoms with Gasteiger partial charge in [0.1, 0.15) is 17.6 Å². The Morgan fingerprint density at radius 1 is 0.955 bits per heavy atom. The van der Waals surface area contributed by atoms with Crippen molar-refractivity contribution >= 4 is 23.5 Å². The van der Waals surface area contributed by atoms with E-state index in [1.165, 1.54) is 61.2 Å². The lowest BCUT2D eigenvalue weighted by atomic mass is 10.0. The second-order valence-corrected chi connectivity index (χ2v) is 9.14. The predicted octanol–water partition coefficient (Wildman–Crippen LogP) is 6.58. The van der Waals surface area contributed by atoms with Crippen LogP contribution < -0.4 is 15.2 Å². The van der Waals surface area contributed by atoms with E-state index in [-0.39, 0.29) is 35.0 Å². The number of hydrogen-bond donors (Lipinski definition) is 1. The SMILES string of the molecule is CCC(=O)OC(C)Cc1cccc(-c2ccccc2)c1.COc1ccnc(C(N)=O)c1OC(C)=O.O=Nc1cccc(F)c1. The van der Waals surface area contributed by atoms with Crippen LogP contribution in [0.2, 0.25) is 0 Å². The average molecular weight is 604 g/mol. The van der Waals surface area contributed by atoms with Crippen molar-refractivity contribution in [2.75, 3.05) is 7.11 Å². The Morgan fingerprint density at radius 2 is 1.64 bits per heavy atom. The molecular formula is C33H34FN3O7. The lowest BCUT2D eigenvalue weighted by molar-refractivity contribution is -0.147. The summed E-state index contributed by atoms with van der Waals surface area (Å²) in [4.78, 5) is 46.5. The van der Waals surface area contributed by atoms with Crippen LogP contribution in [0.5, 0.6) is 11.5 Å². The van der Waals surface area contributed by atoms with Gasteiger partial charge in [-0.25, -0.2) is 9.37 Å². The van der Waals surface area contributed by atoms with Gasteiger partial charge in [0.15, 0.2) is 11.4 Å². The molecule has 0 aliphatic heterocycles. The number of methoxy groups -OCH3 is 1. The van der Waals surface area contributed by atoms with Crippen molar-refractivity contribution in [2.24, 2.45) is 10.9 Å². The van der Waals surface area contributed by atoms with E-state index in [4.69, 9.17) is 19.9 Å². The fraction of sp³-hybridized carbons (Fsp3) is 0.212. The first kappa shape index (κ1) is 34.7. The molecule has 1 amide bonds. The molecule has 10 nitrogen and oxygen atoms in total. The summed E-state index contributed by atoms with van der Waals surface area (Å²) >= 11 is 0. The predicted molar refractivity (Wildman–Crippen MR) is 164 cm³/mol. The van der Waals surface area contributed by atoms with Gasteiger partial charge in [-0.15, -0.1) is 4.91 Å². The second-order valence-electron chi connectivity index (χ2n) is 9.14. The quantitative estimate of drug-likeness (QED) is 0.167. The summed E-state index contributed by atoms with van der Waals surface area (Å²) in [7, 11) is 1.38. The first-order chi connectivity index (χ1) is 21.1. The van der Waals surface area contributed by atoms with E-state index in [2.05, 4.69) is 40.5 Å². The van der Waals surface area contributed by atoms with Crippen LogP contribution in [0.25, 0.3) is 11.1 Å². The molecule has 0 radical (unpaired) electrons. The van der Waals surface area contributed by atoms with Crippen molar-refractivity contribution in [3.63, 3.8) is 0 Å². The number of primary amides is 1. The molecule has 1 atom stereocenters. The first-order valence-corrected chi connectivity index (χ1v) is 13.5. The number of nitroso groups, excluding NO2 is 1. The average Bonchev–Trinajstić information content (AvgIpc) is 3.01. The highest BCUT2D eigenvalue weighted by atomic mass is 19.1. The number of pyridine rings is 1. The zero-order valence-electron chi connectivity index (χ0n) is 24.9. The summed E-state index contributed by atoms with van der Waals surface area (Å²) in [6.07, 6.45) is 2.42. The Labute approximate surface area is 255 Å². The van der Waals surface area contributed by atoms with Crippen LogP contribution in [0.4, 0.5) is 10.1 Å². The van der Waals surface area contributed by atoms with E-state index in [0.717, 1.165) is 12.5 Å². The van der Waals surface area contributed by atoms with Crippen molar-refractivity contribution < 1.29 is 33.0 Å². The van der Waals surface area contributed by atoms with E-state index in [0.29, 0.717) is 6.42 Å². The largest absolute Gasteiger partial charge is 0.493 e. The van der Waals surface area contributed by atoms with Crippen LogP contribution in [-0.2, 0) is 20.7 Å². The zero-order chi connectivity index (χ0) is 32.5. The Hall–Kier alpha value is -5.45. The van der Waals surface area contributed by atoms with E-state index in [1.807, 2.05) is 38.1 Å². The molecule has 1 heterocycles. The Bertz CT molecular complexity index is 1550. The molecule has 0 fully saturated rings. The van der Waals surface area contributed by atoms with Gasteiger partial charge in [-0.3, -0.25) is 14.4 Å². The Morgan fingerprint density at radius 3 is 2.20 bits per heavy atom. The lowest BCUT2D eigenvalue weighted by Crippen LogP contribution is -2.16. The highest BCUT2D eigenvalue weighted by Gasteiger charge is 2.18. The van der Waals surface area contributed by atoms with Gasteiger partial charge >= 0.3 is 11.9 Å². The molecule has 44 heavy (non-hydrogen) atoms. The molecule has 11 heteroatoms. The molecule has 0 spiro atoms. The molecule has 4 aromatic rings. The molecule has 0 saturated carbocycles. The zero-order valence-corrected chi connectivity index (χ0v) is 24.9. The summed E-state index contributed by atoms with van der Waals surface area (Å²) in [5.74, 6) is -1.77. The van der Waals surface area contributed by atoms with Crippen molar-refractivity contribution in [3.8, 4) is 22.6 Å². The van der Waals surface area contributed by atoms with Crippen LogP contribution >= 0.6 is 0 Å². The molecule has 0 bridgehead atoms. The monoisotopic (exact) mass is 603 g/mol. The number of carbonyl (C=O) groups is 3. The number of ether oxygens (including phenoxy) is 3. The summed E-state index contributed by atoms with van der Waals surface area (Å²) in [5, 5.41) is 2.54. The van der Waals surface area contributed by atoms with E-state index < -0.39 is 17.7 Å². The molecule has 1 unspecified atom stereocenters. The number of benzene rings is 3. The number of nitrogens with zero attached hydrogens (tertiary/aromatic N) is 2. The molecule has 4 rings (SSSR count). The van der Waals surface area contributed by atoms with Crippen LogP contribution in [0.1, 0.15) is 43.2 Å². The molecule has 3 aromatic carbocycles. The standard InChI is InChI=1S/C18H20O2.C9H10N2O4.C6H4FNO/c1-3-18(19)20-14(2)12-15-8-7-11-17(13-15)16-9-5-4-6-10-16;1-5(12)15-8-6(14-2)3-4-11-7(8)9(10)13;7-5-2-1-3-6(4-5)8-9/h4-11,13-14H,3,12H2,1-2H3;3-4H,1-2H3,(H2,10,13);1-4H. The minimum absolute atomic E-state index is 0.0556. The molecule has 0 saturated heterocycles. The number of esters is 2. The molecule has 230 valence electrons. The maximum absolute atomic E-state index is 12.2. The number of carbonyl (C=O) groups excluding carboxylic acids is 3. The third kappa shape index (κ3) is 11.8. The number of hydrogen-bond acceptors (Lipinski definition) is 9. The van der Waals surface area contributed by atoms with Gasteiger partial charge in [0.25, 0.3) is 5.91 Å². The van der Waals surface area contributed by atoms with Crippen LogP contribution in [0.15, 0.2) is 96.3 Å². The maximum Gasteiger partial charge on any atom is 0.308 e. The number of nitrogens with two attached hydrogens (primary N) is 1. The minimum Gasteiger partial charge on any atom is -0.493 e. The topological polar surface area (TPSA) is 147 Å². The summed E-state index contributed by atoms with van der Waals surface area (Å²) in [5.41, 5.74) is 8.63. The Kier molecular flexibility index (Phi) is 14.3. The highest BCUT2D eigenvalue weighted by molar-refractivity contribution is 5.95. The van der Waals surface area contributed by atoms with Gasteiger partial charge in [-0.05, 0) is 40.9 Å². The maximum atomic E-state index is 12.2. The van der Waals surface area contributed by atoms with Gasteiger partial charge in [0, 0.05) is 38.1 Å². The fourth-order valence-electron chi connectivity index (χ4n) is 3.73. The molecule has 0 aliphatic carbocycles. The Balaban J connectivity index is 0.000000247.